The minimum atomic E-state index is 0.0499. The van der Waals surface area contributed by atoms with E-state index in [1.807, 2.05) is 0 Å². The van der Waals surface area contributed by atoms with Gasteiger partial charge in [0.25, 0.3) is 0 Å². The molecule has 2 nitrogen and oxygen atoms in total. The first kappa shape index (κ1) is 17.5. The van der Waals surface area contributed by atoms with Crippen LogP contribution in [0.15, 0.2) is 0 Å². The third kappa shape index (κ3) is 8.54. The molecule has 0 bridgehead atoms. The van der Waals surface area contributed by atoms with E-state index in [1.54, 1.807) is 0 Å². The van der Waals surface area contributed by atoms with E-state index in [-0.39, 0.29) is 28.2 Å². The lowest BCUT2D eigenvalue weighted by Crippen LogP contribution is -2.46. The van der Waals surface area contributed by atoms with Crippen LogP contribution in [0.3, 0.4) is 0 Å². The van der Waals surface area contributed by atoms with Gasteiger partial charge in [-0.3, -0.25) is 4.79 Å². The fourth-order valence-electron chi connectivity index (χ4n) is 1.91. The van der Waals surface area contributed by atoms with Crippen molar-refractivity contribution in [3.8, 4) is 0 Å². The number of nitrogens with one attached hydrogen (secondary N) is 1. The van der Waals surface area contributed by atoms with Crippen LogP contribution in [-0.4, -0.2) is 11.9 Å². The molecule has 0 aromatic rings. The topological polar surface area (TPSA) is 29.1 Å². The Morgan fingerprint density at radius 2 is 1.33 bits per heavy atom. The van der Waals surface area contributed by atoms with Crippen molar-refractivity contribution in [2.45, 2.75) is 81.2 Å². The van der Waals surface area contributed by atoms with Gasteiger partial charge in [-0.2, -0.15) is 0 Å². The van der Waals surface area contributed by atoms with Gasteiger partial charge in [0.15, 0.2) is 0 Å². The maximum absolute atomic E-state index is 12.1. The Morgan fingerprint density at radius 1 is 0.889 bits per heavy atom. The molecule has 0 fully saturated rings. The van der Waals surface area contributed by atoms with Gasteiger partial charge in [0.2, 0.25) is 5.91 Å². The van der Waals surface area contributed by atoms with E-state index in [0.717, 1.165) is 6.42 Å². The Labute approximate surface area is 114 Å². The molecule has 1 amide bonds. The first-order valence-corrected chi connectivity index (χ1v) is 7.00. The molecule has 0 rings (SSSR count). The van der Waals surface area contributed by atoms with Gasteiger partial charge in [-0.05, 0) is 22.7 Å². The van der Waals surface area contributed by atoms with Crippen molar-refractivity contribution in [3.63, 3.8) is 0 Å². The molecule has 0 saturated heterocycles. The Morgan fingerprint density at radius 3 is 1.61 bits per heavy atom. The molecule has 0 aromatic carbocycles. The molecule has 0 aliphatic rings. The molecule has 0 aliphatic heterocycles. The van der Waals surface area contributed by atoms with Gasteiger partial charge in [0.1, 0.15) is 0 Å². The molecular formula is C16H33NO. The fraction of sp³-hybridized carbons (Fsp3) is 0.938. The molecule has 0 aliphatic carbocycles. The molecular weight excluding hydrogens is 222 g/mol. The summed E-state index contributed by atoms with van der Waals surface area (Å²) in [4.78, 5) is 12.1. The normalized spacial score (nSPS) is 15.4. The standard InChI is InChI=1S/C16H33NO/c1-14(2,3)10-12(16(7,8)9)17-13(18)11-15(4,5)6/h12H,10-11H2,1-9H3,(H,17,18). The van der Waals surface area contributed by atoms with Crippen LogP contribution >= 0.6 is 0 Å². The van der Waals surface area contributed by atoms with Crippen molar-refractivity contribution in [2.24, 2.45) is 16.2 Å². The van der Waals surface area contributed by atoms with E-state index in [9.17, 15) is 4.79 Å². The van der Waals surface area contributed by atoms with Crippen LogP contribution in [0.1, 0.15) is 75.2 Å². The van der Waals surface area contributed by atoms with E-state index in [0.29, 0.717) is 6.42 Å². The van der Waals surface area contributed by atoms with Gasteiger partial charge in [0.05, 0.1) is 0 Å². The van der Waals surface area contributed by atoms with Crippen LogP contribution < -0.4 is 5.32 Å². The van der Waals surface area contributed by atoms with Gasteiger partial charge < -0.3 is 5.32 Å². The summed E-state index contributed by atoms with van der Waals surface area (Å²) in [5.41, 5.74) is 0.377. The minimum Gasteiger partial charge on any atom is -0.353 e. The van der Waals surface area contributed by atoms with Crippen LogP contribution in [0.2, 0.25) is 0 Å². The molecule has 1 N–H and O–H groups in total. The van der Waals surface area contributed by atoms with Crippen molar-refractivity contribution in [3.05, 3.63) is 0 Å². The third-order valence-electron chi connectivity index (χ3n) is 2.89. The molecule has 0 heterocycles. The fourth-order valence-corrected chi connectivity index (χ4v) is 1.91. The average molecular weight is 255 g/mol. The van der Waals surface area contributed by atoms with Gasteiger partial charge in [-0.25, -0.2) is 0 Å². The van der Waals surface area contributed by atoms with Gasteiger partial charge in [-0.15, -0.1) is 0 Å². The average Bonchev–Trinajstić information content (AvgIpc) is 1.93. The second-order valence-corrected chi connectivity index (χ2v) is 8.99. The van der Waals surface area contributed by atoms with Crippen LogP contribution in [0.25, 0.3) is 0 Å². The van der Waals surface area contributed by atoms with Crippen molar-refractivity contribution in [1.29, 1.82) is 0 Å². The van der Waals surface area contributed by atoms with E-state index >= 15 is 0 Å². The second kappa shape index (κ2) is 5.63. The number of hydrogen-bond donors (Lipinski definition) is 1. The third-order valence-corrected chi connectivity index (χ3v) is 2.89. The number of carbonyl (C=O) groups excluding carboxylic acids is 1. The van der Waals surface area contributed by atoms with Crippen molar-refractivity contribution < 1.29 is 4.79 Å². The van der Waals surface area contributed by atoms with E-state index in [1.165, 1.54) is 0 Å². The molecule has 0 radical (unpaired) electrons. The summed E-state index contributed by atoms with van der Waals surface area (Å²) in [7, 11) is 0. The summed E-state index contributed by atoms with van der Waals surface area (Å²) in [6, 6.07) is 0.229. The lowest BCUT2D eigenvalue weighted by molar-refractivity contribution is -0.124. The maximum Gasteiger partial charge on any atom is 0.220 e. The lowest BCUT2D eigenvalue weighted by Gasteiger charge is -2.36. The van der Waals surface area contributed by atoms with Crippen LogP contribution in [0, 0.1) is 16.2 Å². The summed E-state index contributed by atoms with van der Waals surface area (Å²) in [5, 5.41) is 3.23. The summed E-state index contributed by atoms with van der Waals surface area (Å²) in [5.74, 6) is 0.173. The Hall–Kier alpha value is -0.530. The summed E-state index contributed by atoms with van der Waals surface area (Å²) >= 11 is 0. The molecule has 108 valence electrons. The van der Waals surface area contributed by atoms with Crippen molar-refractivity contribution in [2.75, 3.05) is 0 Å². The second-order valence-electron chi connectivity index (χ2n) is 8.99. The summed E-state index contributed by atoms with van der Waals surface area (Å²) in [6.07, 6.45) is 1.59. The minimum absolute atomic E-state index is 0.0499. The van der Waals surface area contributed by atoms with Gasteiger partial charge >= 0.3 is 0 Å². The first-order valence-electron chi connectivity index (χ1n) is 7.00. The number of amides is 1. The molecule has 2 heteroatoms. The quantitative estimate of drug-likeness (QED) is 0.796. The summed E-state index contributed by atoms with van der Waals surface area (Å²) < 4.78 is 0. The highest BCUT2D eigenvalue weighted by Crippen LogP contribution is 2.31. The van der Waals surface area contributed by atoms with Crippen molar-refractivity contribution >= 4 is 5.91 Å². The van der Waals surface area contributed by atoms with E-state index in [4.69, 9.17) is 0 Å². The molecule has 1 unspecified atom stereocenters. The highest BCUT2D eigenvalue weighted by Gasteiger charge is 2.31. The molecule has 18 heavy (non-hydrogen) atoms. The lowest BCUT2D eigenvalue weighted by atomic mass is 9.76. The van der Waals surface area contributed by atoms with Crippen LogP contribution in [0.5, 0.6) is 0 Å². The highest BCUT2D eigenvalue weighted by atomic mass is 16.1. The maximum atomic E-state index is 12.1. The first-order chi connectivity index (χ1) is 7.71. The van der Waals surface area contributed by atoms with Crippen LogP contribution in [0.4, 0.5) is 0 Å². The van der Waals surface area contributed by atoms with Gasteiger partial charge in [0, 0.05) is 12.5 Å². The summed E-state index contributed by atoms with van der Waals surface area (Å²) in [6.45, 7) is 19.6. The predicted octanol–water partition coefficient (Wildman–Crippen LogP) is 4.39. The molecule has 0 spiro atoms. The molecule has 0 saturated carbocycles. The zero-order valence-corrected chi connectivity index (χ0v) is 13.9. The smallest absolute Gasteiger partial charge is 0.220 e. The number of rotatable bonds is 3. The number of hydrogen-bond acceptors (Lipinski definition) is 1. The SMILES string of the molecule is CC(C)(C)CC(=O)NC(CC(C)(C)C)C(C)(C)C. The van der Waals surface area contributed by atoms with E-state index < -0.39 is 0 Å². The highest BCUT2D eigenvalue weighted by molar-refractivity contribution is 5.76. The Kier molecular flexibility index (Phi) is 5.46. The Balaban J connectivity index is 4.67. The zero-order valence-electron chi connectivity index (χ0n) is 13.9. The number of carbonyl (C=O) groups is 1. The van der Waals surface area contributed by atoms with E-state index in [2.05, 4.69) is 67.6 Å². The molecule has 0 aromatic heterocycles. The predicted molar refractivity (Wildman–Crippen MR) is 79.5 cm³/mol. The molecule has 1 atom stereocenters. The largest absolute Gasteiger partial charge is 0.353 e. The zero-order chi connectivity index (χ0) is 14.8. The Bertz CT molecular complexity index is 273. The van der Waals surface area contributed by atoms with Crippen LogP contribution in [-0.2, 0) is 4.79 Å². The van der Waals surface area contributed by atoms with Crippen molar-refractivity contribution in [1.82, 2.24) is 5.32 Å². The monoisotopic (exact) mass is 255 g/mol. The van der Waals surface area contributed by atoms with Gasteiger partial charge in [-0.1, -0.05) is 62.3 Å².